The van der Waals surface area contributed by atoms with E-state index in [9.17, 15) is 4.79 Å². The van der Waals surface area contributed by atoms with Gasteiger partial charge in [-0.15, -0.1) is 0 Å². The van der Waals surface area contributed by atoms with Crippen LogP contribution in [-0.2, 0) is 4.79 Å². The molecule has 1 saturated heterocycles. The lowest BCUT2D eigenvalue weighted by atomic mass is 9.98. The van der Waals surface area contributed by atoms with E-state index >= 15 is 0 Å². The number of carbonyl (C=O) groups is 1. The van der Waals surface area contributed by atoms with Crippen LogP contribution < -0.4 is 4.74 Å². The number of carboxylic acids is 1. The first-order chi connectivity index (χ1) is 9.65. The molecule has 1 N–H and O–H groups in total. The van der Waals surface area contributed by atoms with Gasteiger partial charge in [0.05, 0.1) is 6.61 Å². The average Bonchev–Trinajstić information content (AvgIpc) is 2.46. The van der Waals surface area contributed by atoms with Crippen LogP contribution in [0.4, 0.5) is 0 Å². The molecular weight excluding hydrogens is 254 g/mol. The fourth-order valence-corrected chi connectivity index (χ4v) is 2.50. The summed E-state index contributed by atoms with van der Waals surface area (Å²) in [6, 6.07) is 9.78. The van der Waals surface area contributed by atoms with Crippen molar-refractivity contribution >= 4 is 5.97 Å². The quantitative estimate of drug-likeness (QED) is 0.810. The van der Waals surface area contributed by atoms with Crippen LogP contribution in [-0.4, -0.2) is 42.2 Å². The Labute approximate surface area is 119 Å². The van der Waals surface area contributed by atoms with Crippen LogP contribution in [0.15, 0.2) is 42.5 Å². The number of nitrogens with zero attached hydrogens (tertiary/aromatic N) is 1. The van der Waals surface area contributed by atoms with E-state index in [1.54, 1.807) is 0 Å². The third kappa shape index (κ3) is 4.38. The Hall–Kier alpha value is -1.81. The van der Waals surface area contributed by atoms with Gasteiger partial charge in [0.2, 0.25) is 0 Å². The van der Waals surface area contributed by atoms with Gasteiger partial charge in [-0.1, -0.05) is 24.8 Å². The summed E-state index contributed by atoms with van der Waals surface area (Å²) >= 11 is 0. The van der Waals surface area contributed by atoms with Crippen molar-refractivity contribution in [1.29, 1.82) is 0 Å². The summed E-state index contributed by atoms with van der Waals surface area (Å²) in [4.78, 5) is 13.0. The summed E-state index contributed by atoms with van der Waals surface area (Å²) in [6.07, 6.45) is 2.21. The molecule has 0 aromatic heterocycles. The van der Waals surface area contributed by atoms with Gasteiger partial charge < -0.3 is 9.84 Å². The molecule has 1 fully saturated rings. The van der Waals surface area contributed by atoms with Crippen molar-refractivity contribution in [2.24, 2.45) is 5.92 Å². The number of likely N-dealkylation sites (tertiary alicyclic amines) is 1. The predicted octanol–water partition coefficient (Wildman–Crippen LogP) is 2.42. The topological polar surface area (TPSA) is 49.8 Å². The van der Waals surface area contributed by atoms with Gasteiger partial charge in [0, 0.05) is 24.6 Å². The minimum atomic E-state index is -0.910. The molecule has 0 spiro atoms. The van der Waals surface area contributed by atoms with E-state index in [1.807, 2.05) is 30.3 Å². The first-order valence-electron chi connectivity index (χ1n) is 6.96. The van der Waals surface area contributed by atoms with Crippen molar-refractivity contribution in [3.63, 3.8) is 0 Å². The Morgan fingerprint density at radius 1 is 1.40 bits per heavy atom. The third-order valence-electron chi connectivity index (χ3n) is 3.55. The first kappa shape index (κ1) is 14.6. The first-order valence-corrected chi connectivity index (χ1v) is 6.96. The highest BCUT2D eigenvalue weighted by Gasteiger charge is 2.22. The van der Waals surface area contributed by atoms with Gasteiger partial charge in [0.25, 0.3) is 0 Å². The van der Waals surface area contributed by atoms with Crippen LogP contribution in [0.2, 0.25) is 0 Å². The van der Waals surface area contributed by atoms with Crippen LogP contribution >= 0.6 is 0 Å². The van der Waals surface area contributed by atoms with Crippen molar-refractivity contribution in [1.82, 2.24) is 4.90 Å². The standard InChI is InChI=1S/C16H21NO3/c1-13(16(18)19)10-17-9-5-6-14(11-17)12-20-15-7-3-2-4-8-15/h2-4,7-8,14H,1,5-6,9-12H2,(H,18,19). The summed E-state index contributed by atoms with van der Waals surface area (Å²) in [5.41, 5.74) is 0.259. The maximum absolute atomic E-state index is 10.8. The molecule has 1 atom stereocenters. The lowest BCUT2D eigenvalue weighted by Crippen LogP contribution is -2.39. The minimum Gasteiger partial charge on any atom is -0.493 e. The molecule has 2 rings (SSSR count). The molecule has 0 amide bonds. The van der Waals surface area contributed by atoms with Crippen LogP contribution in [0, 0.1) is 5.92 Å². The van der Waals surface area contributed by atoms with Gasteiger partial charge in [-0.2, -0.15) is 0 Å². The SMILES string of the molecule is C=C(CN1CCCC(COc2ccccc2)C1)C(=O)O. The van der Waals surface area contributed by atoms with E-state index in [0.717, 1.165) is 31.7 Å². The van der Waals surface area contributed by atoms with E-state index in [0.29, 0.717) is 19.1 Å². The number of aliphatic carboxylic acids is 1. The predicted molar refractivity (Wildman–Crippen MR) is 77.9 cm³/mol. The highest BCUT2D eigenvalue weighted by Crippen LogP contribution is 2.19. The molecule has 20 heavy (non-hydrogen) atoms. The zero-order valence-electron chi connectivity index (χ0n) is 11.6. The molecule has 4 heteroatoms. The van der Waals surface area contributed by atoms with E-state index in [4.69, 9.17) is 9.84 Å². The third-order valence-corrected chi connectivity index (χ3v) is 3.55. The normalized spacial score (nSPS) is 19.5. The molecule has 1 aliphatic heterocycles. The Bertz CT molecular complexity index is 458. The molecule has 4 nitrogen and oxygen atoms in total. The van der Waals surface area contributed by atoms with E-state index in [-0.39, 0.29) is 5.57 Å². The highest BCUT2D eigenvalue weighted by atomic mass is 16.5. The number of rotatable bonds is 6. The number of ether oxygens (including phenoxy) is 1. The molecular formula is C16H21NO3. The second kappa shape index (κ2) is 7.10. The van der Waals surface area contributed by atoms with Crippen LogP contribution in [0.3, 0.4) is 0 Å². The second-order valence-electron chi connectivity index (χ2n) is 5.28. The Morgan fingerprint density at radius 3 is 2.85 bits per heavy atom. The lowest BCUT2D eigenvalue weighted by Gasteiger charge is -2.32. The number of benzene rings is 1. The lowest BCUT2D eigenvalue weighted by molar-refractivity contribution is -0.132. The summed E-state index contributed by atoms with van der Waals surface area (Å²) in [6.45, 7) is 6.53. The Kier molecular flexibility index (Phi) is 5.18. The number of para-hydroxylation sites is 1. The molecule has 1 unspecified atom stereocenters. The van der Waals surface area contributed by atoms with Crippen LogP contribution in [0.1, 0.15) is 12.8 Å². The van der Waals surface area contributed by atoms with Gasteiger partial charge >= 0.3 is 5.97 Å². The van der Waals surface area contributed by atoms with Crippen molar-refractivity contribution in [3.8, 4) is 5.75 Å². The second-order valence-corrected chi connectivity index (χ2v) is 5.28. The van der Waals surface area contributed by atoms with Gasteiger partial charge in [0.15, 0.2) is 0 Å². The van der Waals surface area contributed by atoms with Crippen molar-refractivity contribution in [2.75, 3.05) is 26.2 Å². The zero-order chi connectivity index (χ0) is 14.4. The summed E-state index contributed by atoms with van der Waals surface area (Å²) < 4.78 is 5.78. The summed E-state index contributed by atoms with van der Waals surface area (Å²) in [5, 5.41) is 8.88. The molecule has 1 heterocycles. The molecule has 0 radical (unpaired) electrons. The van der Waals surface area contributed by atoms with Gasteiger partial charge in [-0.3, -0.25) is 4.90 Å². The van der Waals surface area contributed by atoms with Crippen molar-refractivity contribution < 1.29 is 14.6 Å². The van der Waals surface area contributed by atoms with E-state index in [2.05, 4.69) is 11.5 Å². The average molecular weight is 275 g/mol. The maximum Gasteiger partial charge on any atom is 0.332 e. The number of hydrogen-bond acceptors (Lipinski definition) is 3. The molecule has 1 aliphatic rings. The summed E-state index contributed by atoms with van der Waals surface area (Å²) in [5.74, 6) is 0.428. The highest BCUT2D eigenvalue weighted by molar-refractivity contribution is 5.86. The van der Waals surface area contributed by atoms with Crippen molar-refractivity contribution in [2.45, 2.75) is 12.8 Å². The van der Waals surface area contributed by atoms with Gasteiger partial charge in [-0.25, -0.2) is 4.79 Å². The van der Waals surface area contributed by atoms with Gasteiger partial charge in [-0.05, 0) is 31.5 Å². The monoisotopic (exact) mass is 275 g/mol. The zero-order valence-corrected chi connectivity index (χ0v) is 11.6. The maximum atomic E-state index is 10.8. The molecule has 0 saturated carbocycles. The fourth-order valence-electron chi connectivity index (χ4n) is 2.50. The molecule has 108 valence electrons. The molecule has 1 aromatic carbocycles. The van der Waals surface area contributed by atoms with Crippen molar-refractivity contribution in [3.05, 3.63) is 42.5 Å². The van der Waals surface area contributed by atoms with E-state index in [1.165, 1.54) is 0 Å². The van der Waals surface area contributed by atoms with Crippen LogP contribution in [0.25, 0.3) is 0 Å². The number of carboxylic acid groups (broad SMARTS) is 1. The van der Waals surface area contributed by atoms with Crippen LogP contribution in [0.5, 0.6) is 5.75 Å². The number of piperidine rings is 1. The largest absolute Gasteiger partial charge is 0.493 e. The molecule has 1 aromatic rings. The summed E-state index contributed by atoms with van der Waals surface area (Å²) in [7, 11) is 0. The van der Waals surface area contributed by atoms with E-state index < -0.39 is 5.97 Å². The molecule has 0 bridgehead atoms. The fraction of sp³-hybridized carbons (Fsp3) is 0.438. The molecule has 0 aliphatic carbocycles. The van der Waals surface area contributed by atoms with Gasteiger partial charge in [0.1, 0.15) is 5.75 Å². The Balaban J connectivity index is 1.78. The Morgan fingerprint density at radius 2 is 2.15 bits per heavy atom. The smallest absolute Gasteiger partial charge is 0.332 e. The minimum absolute atomic E-state index is 0.259. The number of hydrogen-bond donors (Lipinski definition) is 1.